The molecule has 1 amide bonds. The molecule has 0 aromatic carbocycles. The maximum absolute atomic E-state index is 11.5. The smallest absolute Gasteiger partial charge is 0.230 e. The van der Waals surface area contributed by atoms with Crippen molar-refractivity contribution < 1.29 is 10.0 Å². The average Bonchev–Trinajstić information content (AvgIpc) is 2.65. The lowest BCUT2D eigenvalue weighted by atomic mass is 10.1. The molecule has 3 N–H and O–H groups in total. The third kappa shape index (κ3) is 2.61. The Kier molecular flexibility index (Phi) is 3.73. The van der Waals surface area contributed by atoms with Gasteiger partial charge in [-0.2, -0.15) is 0 Å². The van der Waals surface area contributed by atoms with Gasteiger partial charge in [-0.15, -0.1) is 0 Å². The number of nitrogens with zero attached hydrogens (tertiary/aromatic N) is 2. The molecule has 1 atom stereocenters. The van der Waals surface area contributed by atoms with E-state index in [1.165, 1.54) is 0 Å². The van der Waals surface area contributed by atoms with Crippen LogP contribution in [0.15, 0.2) is 5.16 Å². The lowest BCUT2D eigenvalue weighted by Crippen LogP contribution is -2.32. The molecule has 1 saturated heterocycles. The third-order valence-electron chi connectivity index (χ3n) is 2.68. The van der Waals surface area contributed by atoms with Gasteiger partial charge in [0, 0.05) is 13.1 Å². The van der Waals surface area contributed by atoms with Crippen molar-refractivity contribution in [2.75, 3.05) is 13.1 Å². The van der Waals surface area contributed by atoms with Crippen LogP contribution >= 0.6 is 0 Å². The van der Waals surface area contributed by atoms with Crippen molar-refractivity contribution in [3.05, 3.63) is 0 Å². The van der Waals surface area contributed by atoms with Crippen molar-refractivity contribution >= 4 is 11.7 Å². The predicted octanol–water partition coefficient (Wildman–Crippen LogP) is 0.381. The van der Waals surface area contributed by atoms with Crippen LogP contribution in [0.2, 0.25) is 0 Å². The molecule has 5 heteroatoms. The van der Waals surface area contributed by atoms with E-state index in [0.717, 1.165) is 25.9 Å². The molecule has 1 aliphatic rings. The molecule has 1 fully saturated rings. The summed E-state index contributed by atoms with van der Waals surface area (Å²) in [5, 5.41) is 11.1. The first kappa shape index (κ1) is 10.8. The summed E-state index contributed by atoms with van der Waals surface area (Å²) in [5.74, 6) is 0.553. The van der Waals surface area contributed by atoms with Crippen molar-refractivity contribution in [3.63, 3.8) is 0 Å². The molecule has 1 unspecified atom stereocenters. The average molecular weight is 199 g/mol. The first-order valence-corrected chi connectivity index (χ1v) is 4.91. The van der Waals surface area contributed by atoms with Gasteiger partial charge in [0.1, 0.15) is 5.84 Å². The van der Waals surface area contributed by atoms with Gasteiger partial charge >= 0.3 is 0 Å². The highest BCUT2D eigenvalue weighted by Crippen LogP contribution is 2.19. The highest BCUT2D eigenvalue weighted by Gasteiger charge is 2.25. The van der Waals surface area contributed by atoms with Gasteiger partial charge in [0.05, 0.1) is 6.42 Å². The van der Waals surface area contributed by atoms with Gasteiger partial charge in [-0.1, -0.05) is 18.5 Å². The Morgan fingerprint density at radius 3 is 2.93 bits per heavy atom. The maximum atomic E-state index is 11.5. The second-order valence-electron chi connectivity index (χ2n) is 3.67. The summed E-state index contributed by atoms with van der Waals surface area (Å²) in [4.78, 5) is 13.3. The van der Waals surface area contributed by atoms with E-state index in [0.29, 0.717) is 5.92 Å². The van der Waals surface area contributed by atoms with Crippen molar-refractivity contribution in [2.24, 2.45) is 16.8 Å². The quantitative estimate of drug-likeness (QED) is 0.298. The van der Waals surface area contributed by atoms with E-state index in [1.807, 2.05) is 0 Å². The summed E-state index contributed by atoms with van der Waals surface area (Å²) in [6, 6.07) is 0. The molecule has 1 aliphatic heterocycles. The monoisotopic (exact) mass is 199 g/mol. The Bertz CT molecular complexity index is 240. The Morgan fingerprint density at radius 2 is 2.43 bits per heavy atom. The van der Waals surface area contributed by atoms with Crippen molar-refractivity contribution in [2.45, 2.75) is 26.2 Å². The minimum absolute atomic E-state index is 0.0186. The van der Waals surface area contributed by atoms with Crippen LogP contribution in [0.4, 0.5) is 0 Å². The molecule has 0 aliphatic carbocycles. The SMILES string of the molecule is CCC1CCN(C(=O)CC(N)=NO)C1. The van der Waals surface area contributed by atoms with E-state index < -0.39 is 0 Å². The van der Waals surface area contributed by atoms with Crippen LogP contribution in [0.5, 0.6) is 0 Å². The van der Waals surface area contributed by atoms with E-state index >= 15 is 0 Å². The van der Waals surface area contributed by atoms with Gasteiger partial charge in [-0.25, -0.2) is 0 Å². The van der Waals surface area contributed by atoms with Crippen molar-refractivity contribution in [1.82, 2.24) is 4.90 Å². The largest absolute Gasteiger partial charge is 0.409 e. The van der Waals surface area contributed by atoms with E-state index in [-0.39, 0.29) is 18.2 Å². The van der Waals surface area contributed by atoms with Crippen LogP contribution in [0.1, 0.15) is 26.2 Å². The number of hydrogen-bond donors (Lipinski definition) is 2. The fourth-order valence-electron chi connectivity index (χ4n) is 1.69. The molecule has 1 rings (SSSR count). The van der Waals surface area contributed by atoms with E-state index in [2.05, 4.69) is 12.1 Å². The van der Waals surface area contributed by atoms with Gasteiger partial charge in [0.15, 0.2) is 0 Å². The zero-order chi connectivity index (χ0) is 10.6. The Hall–Kier alpha value is -1.26. The standard InChI is InChI=1S/C9H17N3O2/c1-2-7-3-4-12(6-7)9(13)5-8(10)11-14/h7,14H,2-6H2,1H3,(H2,10,11). The summed E-state index contributed by atoms with van der Waals surface area (Å²) < 4.78 is 0. The molecule has 0 bridgehead atoms. The van der Waals surface area contributed by atoms with E-state index in [4.69, 9.17) is 10.9 Å². The lowest BCUT2D eigenvalue weighted by molar-refractivity contribution is -0.129. The second-order valence-corrected chi connectivity index (χ2v) is 3.67. The Labute approximate surface area is 83.6 Å². The fraction of sp³-hybridized carbons (Fsp3) is 0.778. The number of oxime groups is 1. The number of carbonyl (C=O) groups excluding carboxylic acids is 1. The van der Waals surface area contributed by atoms with Crippen LogP contribution < -0.4 is 5.73 Å². The topological polar surface area (TPSA) is 78.9 Å². The fourth-order valence-corrected chi connectivity index (χ4v) is 1.69. The van der Waals surface area contributed by atoms with Crippen LogP contribution in [-0.4, -0.2) is 34.9 Å². The highest BCUT2D eigenvalue weighted by molar-refractivity contribution is 5.98. The van der Waals surface area contributed by atoms with Crippen LogP contribution in [-0.2, 0) is 4.79 Å². The molecule has 0 radical (unpaired) electrons. The van der Waals surface area contributed by atoms with Crippen molar-refractivity contribution in [1.29, 1.82) is 0 Å². The molecule has 0 saturated carbocycles. The summed E-state index contributed by atoms with van der Waals surface area (Å²) in [7, 11) is 0. The van der Waals surface area contributed by atoms with Gasteiger partial charge in [0.2, 0.25) is 5.91 Å². The number of carbonyl (C=O) groups is 1. The summed E-state index contributed by atoms with van der Waals surface area (Å²) in [6.45, 7) is 3.74. The van der Waals surface area contributed by atoms with Gasteiger partial charge in [-0.3, -0.25) is 4.79 Å². The zero-order valence-corrected chi connectivity index (χ0v) is 8.44. The number of nitrogens with two attached hydrogens (primary N) is 1. The molecule has 80 valence electrons. The van der Waals surface area contributed by atoms with E-state index in [9.17, 15) is 4.79 Å². The summed E-state index contributed by atoms with van der Waals surface area (Å²) in [6.07, 6.45) is 2.19. The van der Waals surface area contributed by atoms with Crippen molar-refractivity contribution in [3.8, 4) is 0 Å². The summed E-state index contributed by atoms with van der Waals surface area (Å²) in [5.41, 5.74) is 5.26. The Morgan fingerprint density at radius 1 is 1.71 bits per heavy atom. The summed E-state index contributed by atoms with van der Waals surface area (Å²) >= 11 is 0. The van der Waals surface area contributed by atoms with Crippen LogP contribution in [0, 0.1) is 5.92 Å². The van der Waals surface area contributed by atoms with Gasteiger partial charge in [0.25, 0.3) is 0 Å². The van der Waals surface area contributed by atoms with Gasteiger partial charge in [-0.05, 0) is 12.3 Å². The lowest BCUT2D eigenvalue weighted by Gasteiger charge is -2.15. The van der Waals surface area contributed by atoms with Crippen LogP contribution in [0.25, 0.3) is 0 Å². The Balaban J connectivity index is 2.39. The highest BCUT2D eigenvalue weighted by atomic mass is 16.4. The minimum Gasteiger partial charge on any atom is -0.409 e. The minimum atomic E-state index is -0.0451. The second kappa shape index (κ2) is 4.83. The van der Waals surface area contributed by atoms with Gasteiger partial charge < -0.3 is 15.8 Å². The molecule has 1 heterocycles. The maximum Gasteiger partial charge on any atom is 0.230 e. The number of likely N-dealkylation sites (tertiary alicyclic amines) is 1. The molecular formula is C9H17N3O2. The molecule has 0 aromatic heterocycles. The predicted molar refractivity (Wildman–Crippen MR) is 53.0 cm³/mol. The molecule has 0 spiro atoms. The first-order chi connectivity index (χ1) is 6.67. The molecular weight excluding hydrogens is 182 g/mol. The van der Waals surface area contributed by atoms with E-state index in [1.54, 1.807) is 4.90 Å². The van der Waals surface area contributed by atoms with Crippen LogP contribution in [0.3, 0.4) is 0 Å². The number of amidine groups is 1. The molecule has 5 nitrogen and oxygen atoms in total. The third-order valence-corrected chi connectivity index (χ3v) is 2.68. The number of amides is 1. The molecule has 0 aromatic rings. The number of hydrogen-bond acceptors (Lipinski definition) is 3. The zero-order valence-electron chi connectivity index (χ0n) is 8.44. The normalized spacial score (nSPS) is 22.8. The first-order valence-electron chi connectivity index (χ1n) is 4.91. The molecule has 14 heavy (non-hydrogen) atoms. The number of rotatable bonds is 3.